The van der Waals surface area contributed by atoms with Crippen molar-refractivity contribution in [2.45, 2.75) is 87.7 Å². The molecule has 2 heterocycles. The third-order valence-electron chi connectivity index (χ3n) is 7.82. The van der Waals surface area contributed by atoms with Crippen molar-refractivity contribution in [1.29, 1.82) is 0 Å². The number of halogens is 7. The van der Waals surface area contributed by atoms with Crippen molar-refractivity contribution in [3.8, 4) is 22.9 Å². The van der Waals surface area contributed by atoms with E-state index in [4.69, 9.17) is 23.0 Å². The Morgan fingerprint density at radius 1 is 0.941 bits per heavy atom. The van der Waals surface area contributed by atoms with Gasteiger partial charge in [0.2, 0.25) is 11.8 Å². The normalized spacial score (nSPS) is 17.1. The molecular formula is C35H37F6IN2O7. The van der Waals surface area contributed by atoms with E-state index in [9.17, 15) is 36.2 Å². The zero-order chi connectivity index (χ0) is 37.2. The number of alkyl halides is 7. The van der Waals surface area contributed by atoms with Gasteiger partial charge >= 0.3 is 18.3 Å². The number of carboxylic acids is 1. The lowest BCUT2D eigenvalue weighted by Crippen LogP contribution is -2.34. The summed E-state index contributed by atoms with van der Waals surface area (Å²) in [7, 11) is 0. The molecule has 0 saturated heterocycles. The van der Waals surface area contributed by atoms with Gasteiger partial charge in [0.05, 0.1) is 42.2 Å². The van der Waals surface area contributed by atoms with Crippen molar-refractivity contribution < 1.29 is 59.3 Å². The lowest BCUT2D eigenvalue weighted by molar-refractivity contribution is -0.157. The zero-order valence-electron chi connectivity index (χ0n) is 27.7. The molecule has 2 aromatic heterocycles. The van der Waals surface area contributed by atoms with Crippen LogP contribution in [0.2, 0.25) is 0 Å². The molecule has 1 aliphatic carbocycles. The van der Waals surface area contributed by atoms with Crippen molar-refractivity contribution >= 4 is 28.6 Å². The molecule has 1 aliphatic rings. The first-order valence-electron chi connectivity index (χ1n) is 16.1. The highest BCUT2D eigenvalue weighted by atomic mass is 127. The van der Waals surface area contributed by atoms with Gasteiger partial charge in [-0.05, 0) is 63.3 Å². The number of benzene rings is 2. The van der Waals surface area contributed by atoms with Crippen LogP contribution in [0.1, 0.15) is 67.3 Å². The minimum absolute atomic E-state index is 0.00425. The summed E-state index contributed by atoms with van der Waals surface area (Å²) in [6, 6.07) is 10.4. The van der Waals surface area contributed by atoms with Crippen LogP contribution in [-0.4, -0.2) is 52.6 Å². The van der Waals surface area contributed by atoms with Crippen LogP contribution in [0.3, 0.4) is 0 Å². The number of aryl methyl sites for hydroxylation is 1. The Bertz CT molecular complexity index is 1710. The van der Waals surface area contributed by atoms with E-state index in [0.29, 0.717) is 41.0 Å². The van der Waals surface area contributed by atoms with Crippen molar-refractivity contribution in [1.82, 2.24) is 9.97 Å². The van der Waals surface area contributed by atoms with Crippen molar-refractivity contribution in [3.63, 3.8) is 0 Å². The molecule has 1 N–H and O–H groups in total. The Hall–Kier alpha value is -3.48. The lowest BCUT2D eigenvalue weighted by Gasteiger charge is -2.29. The largest absolute Gasteiger partial charge is 0.479 e. The summed E-state index contributed by atoms with van der Waals surface area (Å²) in [6.07, 6.45) is -5.11. The standard InChI is InChI=1S/C24H30F3NO6.C11H7F3INO/c1-3-11-31-21(23(29)30)14-33-17-8-6-7-16(12-17)32-13-20-15(2)34-22(28-20)18-9-4-5-10-19(18)24(25,26)27;12-11(13,14)9-4-2-1-3-8(9)10-16-7(5-15)6-17-10/h4-5,9-10,16-17,21H,3,6-8,11-14H2,1-2H3,(H,29,30);1-4,6H,5H2/t16-,17+,21?;/m0./s1. The van der Waals surface area contributed by atoms with Crippen LogP contribution in [0.5, 0.6) is 0 Å². The van der Waals surface area contributed by atoms with Crippen LogP contribution in [-0.2, 0) is 42.4 Å². The van der Waals surface area contributed by atoms with Crippen LogP contribution < -0.4 is 0 Å². The number of carboxylic acid groups (broad SMARTS) is 1. The highest BCUT2D eigenvalue weighted by Gasteiger charge is 2.36. The monoisotopic (exact) mass is 838 g/mol. The summed E-state index contributed by atoms with van der Waals surface area (Å²) in [5.41, 5.74) is -0.628. The Kier molecular flexibility index (Phi) is 14.5. The maximum atomic E-state index is 13.3. The Balaban J connectivity index is 0.000000286. The molecule has 4 aromatic rings. The van der Waals surface area contributed by atoms with E-state index in [1.54, 1.807) is 6.92 Å². The molecule has 1 saturated carbocycles. The van der Waals surface area contributed by atoms with Crippen LogP contribution in [0, 0.1) is 6.92 Å². The summed E-state index contributed by atoms with van der Waals surface area (Å²) >= 11 is 2.07. The number of hydrogen-bond donors (Lipinski definition) is 1. The van der Waals surface area contributed by atoms with E-state index in [0.717, 1.165) is 31.4 Å². The second-order valence-corrected chi connectivity index (χ2v) is 12.4. The smallest absolute Gasteiger partial charge is 0.417 e. The average Bonchev–Trinajstić information content (AvgIpc) is 3.73. The van der Waals surface area contributed by atoms with Gasteiger partial charge in [-0.3, -0.25) is 0 Å². The van der Waals surface area contributed by atoms with Crippen LogP contribution >= 0.6 is 22.6 Å². The molecule has 9 nitrogen and oxygen atoms in total. The fourth-order valence-electron chi connectivity index (χ4n) is 5.28. The minimum atomic E-state index is -4.52. The molecule has 0 amide bonds. The number of nitrogens with zero attached hydrogens (tertiary/aromatic N) is 2. The molecule has 0 spiro atoms. The number of rotatable bonds is 13. The first-order valence-corrected chi connectivity index (χ1v) is 17.6. The van der Waals surface area contributed by atoms with Gasteiger partial charge in [-0.1, -0.05) is 53.8 Å². The molecule has 1 unspecified atom stereocenters. The Labute approximate surface area is 303 Å². The zero-order valence-corrected chi connectivity index (χ0v) is 29.9. The molecule has 0 radical (unpaired) electrons. The molecule has 3 atom stereocenters. The van der Waals surface area contributed by atoms with E-state index >= 15 is 0 Å². The van der Waals surface area contributed by atoms with Crippen molar-refractivity contribution in [3.05, 3.63) is 83.1 Å². The van der Waals surface area contributed by atoms with E-state index in [-0.39, 0.29) is 48.3 Å². The summed E-state index contributed by atoms with van der Waals surface area (Å²) in [5.74, 6) is -0.750. The van der Waals surface area contributed by atoms with Gasteiger partial charge in [-0.15, -0.1) is 0 Å². The van der Waals surface area contributed by atoms with Crippen LogP contribution in [0.4, 0.5) is 26.3 Å². The van der Waals surface area contributed by atoms with Gasteiger partial charge in [-0.25, -0.2) is 14.8 Å². The molecule has 1 fully saturated rings. The van der Waals surface area contributed by atoms with Crippen LogP contribution in [0.25, 0.3) is 22.9 Å². The molecule has 0 aliphatic heterocycles. The maximum Gasteiger partial charge on any atom is 0.417 e. The molecule has 0 bridgehead atoms. The molecule has 51 heavy (non-hydrogen) atoms. The summed E-state index contributed by atoms with van der Waals surface area (Å²) in [6.45, 7) is 3.95. The fraction of sp³-hybridized carbons (Fsp3) is 0.457. The minimum Gasteiger partial charge on any atom is -0.479 e. The third-order valence-corrected chi connectivity index (χ3v) is 8.60. The number of carbonyl (C=O) groups is 1. The SMILES string of the molecule is CCCOC(CO[C@@H]1CCC[C@H](OCc2nc(-c3ccccc3C(F)(F)F)oc2C)C1)C(=O)O.FC(F)(F)c1ccccc1-c1nc(CI)co1. The van der Waals surface area contributed by atoms with Crippen LogP contribution in [0.15, 0.2) is 63.6 Å². The second-order valence-electron chi connectivity index (χ2n) is 11.6. The van der Waals surface area contributed by atoms with E-state index in [1.807, 2.05) is 6.92 Å². The number of oxazole rings is 2. The number of aromatic nitrogens is 2. The summed E-state index contributed by atoms with van der Waals surface area (Å²) < 4.78 is 107. The van der Waals surface area contributed by atoms with Gasteiger partial charge in [0.25, 0.3) is 0 Å². The highest BCUT2D eigenvalue weighted by Crippen LogP contribution is 2.38. The molecular weight excluding hydrogens is 801 g/mol. The van der Waals surface area contributed by atoms with Gasteiger partial charge < -0.3 is 28.2 Å². The molecule has 2 aromatic carbocycles. The van der Waals surface area contributed by atoms with E-state index in [2.05, 4.69) is 32.6 Å². The summed E-state index contributed by atoms with van der Waals surface area (Å²) in [5, 5.41) is 9.26. The van der Waals surface area contributed by atoms with Gasteiger partial charge in [0, 0.05) is 22.2 Å². The molecule has 278 valence electrons. The molecule has 16 heteroatoms. The second kappa shape index (κ2) is 18.3. The number of aliphatic carboxylic acids is 1. The fourth-order valence-corrected chi connectivity index (χ4v) is 5.63. The topological polar surface area (TPSA) is 117 Å². The predicted molar refractivity (Wildman–Crippen MR) is 181 cm³/mol. The van der Waals surface area contributed by atoms with Crippen molar-refractivity contribution in [2.75, 3.05) is 13.2 Å². The first kappa shape index (κ1) is 40.3. The predicted octanol–water partition coefficient (Wildman–Crippen LogP) is 9.69. The Morgan fingerprint density at radius 3 is 2.08 bits per heavy atom. The van der Waals surface area contributed by atoms with Gasteiger partial charge in [0.15, 0.2) is 6.10 Å². The highest BCUT2D eigenvalue weighted by molar-refractivity contribution is 14.1. The third kappa shape index (κ3) is 11.5. The van der Waals surface area contributed by atoms with Crippen molar-refractivity contribution in [2.24, 2.45) is 0 Å². The number of hydrogen-bond acceptors (Lipinski definition) is 8. The first-order chi connectivity index (χ1) is 24.2. The summed E-state index contributed by atoms with van der Waals surface area (Å²) in [4.78, 5) is 19.6. The van der Waals surface area contributed by atoms with Gasteiger partial charge in [0.1, 0.15) is 17.7 Å². The number of ether oxygens (including phenoxy) is 3. The quantitative estimate of drug-likeness (QED) is 0.0798. The molecule has 5 rings (SSSR count). The van der Waals surface area contributed by atoms with E-state index < -0.39 is 35.6 Å². The van der Waals surface area contributed by atoms with Gasteiger partial charge in [-0.2, -0.15) is 26.3 Å². The van der Waals surface area contributed by atoms with E-state index in [1.165, 1.54) is 42.7 Å². The lowest BCUT2D eigenvalue weighted by atomic mass is 9.95. The average molecular weight is 839 g/mol. The maximum absolute atomic E-state index is 13.3. The Morgan fingerprint density at radius 2 is 1.53 bits per heavy atom.